The van der Waals surface area contributed by atoms with Crippen molar-refractivity contribution >= 4 is 35.1 Å². The number of nitrogens with zero attached hydrogens (tertiary/aromatic N) is 3. The molecule has 1 aliphatic rings. The summed E-state index contributed by atoms with van der Waals surface area (Å²) in [5, 5.41) is 7.47. The lowest BCUT2D eigenvalue weighted by atomic mass is 10.0. The number of carbonyl (C=O) groups excluding carboxylic acids is 1. The highest BCUT2D eigenvalue weighted by molar-refractivity contribution is 8.00. The van der Waals surface area contributed by atoms with E-state index in [0.29, 0.717) is 27.9 Å². The molecule has 26 heavy (non-hydrogen) atoms. The number of amides is 1. The van der Waals surface area contributed by atoms with Crippen LogP contribution in [0.15, 0.2) is 42.6 Å². The van der Waals surface area contributed by atoms with Crippen LogP contribution in [0.3, 0.4) is 0 Å². The molecule has 3 heterocycles. The fourth-order valence-corrected chi connectivity index (χ4v) is 4.37. The third kappa shape index (κ3) is 2.97. The topological polar surface area (TPSA) is 59.8 Å². The van der Waals surface area contributed by atoms with Crippen molar-refractivity contribution in [1.82, 2.24) is 14.8 Å². The molecule has 132 valence electrons. The van der Waals surface area contributed by atoms with E-state index in [2.05, 4.69) is 15.4 Å². The van der Waals surface area contributed by atoms with Crippen molar-refractivity contribution < 1.29 is 9.18 Å². The number of aryl methyl sites for hydroxylation is 1. The molecule has 1 amide bonds. The number of carbonyl (C=O) groups is 1. The van der Waals surface area contributed by atoms with E-state index in [1.807, 2.05) is 13.0 Å². The minimum atomic E-state index is -0.403. The molecule has 0 aliphatic carbocycles. The fourth-order valence-electron chi connectivity index (χ4n) is 2.99. The maximum atomic E-state index is 14.5. The average Bonchev–Trinajstić information content (AvgIpc) is 2.84. The van der Waals surface area contributed by atoms with Crippen LogP contribution in [0.5, 0.6) is 0 Å². The van der Waals surface area contributed by atoms with Crippen molar-refractivity contribution in [3.8, 4) is 5.82 Å². The summed E-state index contributed by atoms with van der Waals surface area (Å²) in [6, 6.07) is 9.90. The van der Waals surface area contributed by atoms with Crippen LogP contribution in [0.1, 0.15) is 22.1 Å². The van der Waals surface area contributed by atoms with Crippen LogP contribution in [0, 0.1) is 12.7 Å². The van der Waals surface area contributed by atoms with Crippen LogP contribution in [-0.4, -0.2) is 26.4 Å². The number of aromatic nitrogens is 3. The van der Waals surface area contributed by atoms with Gasteiger partial charge in [-0.05, 0) is 37.3 Å². The molecule has 0 radical (unpaired) electrons. The highest BCUT2D eigenvalue weighted by Gasteiger charge is 2.32. The van der Waals surface area contributed by atoms with Gasteiger partial charge in [-0.15, -0.1) is 11.8 Å². The zero-order valence-electron chi connectivity index (χ0n) is 13.7. The molecule has 1 atom stereocenters. The van der Waals surface area contributed by atoms with Crippen molar-refractivity contribution in [2.45, 2.75) is 12.2 Å². The zero-order valence-corrected chi connectivity index (χ0v) is 15.3. The van der Waals surface area contributed by atoms with Gasteiger partial charge in [-0.25, -0.2) is 9.37 Å². The van der Waals surface area contributed by atoms with Gasteiger partial charge < -0.3 is 5.32 Å². The van der Waals surface area contributed by atoms with Crippen LogP contribution in [0.2, 0.25) is 5.02 Å². The highest BCUT2D eigenvalue weighted by Crippen LogP contribution is 2.44. The van der Waals surface area contributed by atoms with E-state index in [-0.39, 0.29) is 17.5 Å². The predicted molar refractivity (Wildman–Crippen MR) is 100 cm³/mol. The molecular weight excluding hydrogens is 375 g/mol. The molecule has 4 rings (SSSR count). The molecule has 0 unspecified atom stereocenters. The Kier molecular flexibility index (Phi) is 4.42. The van der Waals surface area contributed by atoms with E-state index >= 15 is 0 Å². The Morgan fingerprint density at radius 3 is 2.96 bits per heavy atom. The van der Waals surface area contributed by atoms with E-state index in [9.17, 15) is 9.18 Å². The average molecular weight is 389 g/mol. The van der Waals surface area contributed by atoms with Gasteiger partial charge in [0.2, 0.25) is 5.91 Å². The number of nitrogens with one attached hydrogen (secondary N) is 1. The minimum Gasteiger partial charge on any atom is -0.310 e. The summed E-state index contributed by atoms with van der Waals surface area (Å²) in [5.74, 6) is 0.762. The van der Waals surface area contributed by atoms with Gasteiger partial charge in [0.15, 0.2) is 5.82 Å². The normalized spacial score (nSPS) is 16.7. The van der Waals surface area contributed by atoms with Gasteiger partial charge in [-0.3, -0.25) is 4.79 Å². The molecule has 0 fully saturated rings. The molecule has 3 aromatic rings. The molecule has 0 spiro atoms. The number of rotatable bonds is 2. The highest BCUT2D eigenvalue weighted by atomic mass is 35.5. The third-order valence-corrected chi connectivity index (χ3v) is 5.60. The van der Waals surface area contributed by atoms with Crippen molar-refractivity contribution in [2.75, 3.05) is 11.1 Å². The minimum absolute atomic E-state index is 0.168. The molecule has 1 N–H and O–H groups in total. The number of pyridine rings is 1. The molecule has 0 bridgehead atoms. The third-order valence-electron chi connectivity index (χ3n) is 4.11. The summed E-state index contributed by atoms with van der Waals surface area (Å²) >= 11 is 7.43. The lowest BCUT2D eigenvalue weighted by Crippen LogP contribution is -2.16. The first-order valence-corrected chi connectivity index (χ1v) is 9.34. The number of anilines is 1. The Morgan fingerprint density at radius 1 is 1.35 bits per heavy atom. The number of hydrogen-bond acceptors (Lipinski definition) is 4. The lowest BCUT2D eigenvalue weighted by molar-refractivity contribution is -0.113. The first-order valence-electron chi connectivity index (χ1n) is 7.92. The summed E-state index contributed by atoms with van der Waals surface area (Å²) in [6.07, 6.45) is 1.65. The van der Waals surface area contributed by atoms with Crippen LogP contribution in [-0.2, 0) is 4.79 Å². The van der Waals surface area contributed by atoms with Crippen molar-refractivity contribution in [3.63, 3.8) is 0 Å². The largest absolute Gasteiger partial charge is 0.310 e. The maximum Gasteiger partial charge on any atom is 0.235 e. The molecule has 1 aromatic carbocycles. The van der Waals surface area contributed by atoms with E-state index in [4.69, 9.17) is 11.6 Å². The van der Waals surface area contributed by atoms with E-state index in [1.165, 1.54) is 23.9 Å². The van der Waals surface area contributed by atoms with Gasteiger partial charge in [0, 0.05) is 22.3 Å². The predicted octanol–water partition coefficient (Wildman–Crippen LogP) is 4.14. The number of halogens is 2. The Labute approximate surface area is 158 Å². The number of hydrogen-bond donors (Lipinski definition) is 1. The molecule has 2 aromatic heterocycles. The number of fused-ring (bicyclic) bond motifs is 1. The summed E-state index contributed by atoms with van der Waals surface area (Å²) in [7, 11) is 0. The first-order chi connectivity index (χ1) is 12.5. The summed E-state index contributed by atoms with van der Waals surface area (Å²) in [6.45, 7) is 1.84. The lowest BCUT2D eigenvalue weighted by Gasteiger charge is -2.16. The Hall–Kier alpha value is -2.38. The molecule has 5 nitrogen and oxygen atoms in total. The van der Waals surface area contributed by atoms with Crippen LogP contribution < -0.4 is 5.32 Å². The van der Waals surface area contributed by atoms with Crippen LogP contribution >= 0.6 is 23.4 Å². The summed E-state index contributed by atoms with van der Waals surface area (Å²) < 4.78 is 16.1. The van der Waals surface area contributed by atoms with E-state index in [0.717, 1.165) is 5.56 Å². The number of thioether (sulfide) groups is 1. The maximum absolute atomic E-state index is 14.5. The van der Waals surface area contributed by atoms with Crippen molar-refractivity contribution in [2.24, 2.45) is 0 Å². The fraction of sp³-hybridized carbons (Fsp3) is 0.167. The van der Waals surface area contributed by atoms with Gasteiger partial charge >= 0.3 is 0 Å². The Morgan fingerprint density at radius 2 is 2.19 bits per heavy atom. The van der Waals surface area contributed by atoms with Gasteiger partial charge in [0.05, 0.1) is 16.7 Å². The molecule has 0 saturated carbocycles. The summed E-state index contributed by atoms with van der Waals surface area (Å²) in [4.78, 5) is 16.6. The monoisotopic (exact) mass is 388 g/mol. The standard InChI is InChI=1S/C18H14ClFN4OS/c1-10-16-17(12-8-11(19)5-6-13(12)20)26-9-15(25)22-18(16)24(23-10)14-4-2-3-7-21-14/h2-8,17H,9H2,1H3,(H,22,25)/t17-/m1/s1. The van der Waals surface area contributed by atoms with Gasteiger partial charge in [0.25, 0.3) is 0 Å². The molecule has 8 heteroatoms. The Bertz CT molecular complexity index is 992. The van der Waals surface area contributed by atoms with Crippen LogP contribution in [0.25, 0.3) is 5.82 Å². The second-order valence-electron chi connectivity index (χ2n) is 5.85. The van der Waals surface area contributed by atoms with Gasteiger partial charge in [0.1, 0.15) is 11.6 Å². The van der Waals surface area contributed by atoms with E-state index < -0.39 is 5.25 Å². The zero-order chi connectivity index (χ0) is 18.3. The molecule has 0 saturated heterocycles. The van der Waals surface area contributed by atoms with Crippen molar-refractivity contribution in [3.05, 3.63) is 70.3 Å². The van der Waals surface area contributed by atoms with Crippen molar-refractivity contribution in [1.29, 1.82) is 0 Å². The van der Waals surface area contributed by atoms with Gasteiger partial charge in [-0.1, -0.05) is 17.7 Å². The Balaban J connectivity index is 1.93. The second-order valence-corrected chi connectivity index (χ2v) is 7.38. The smallest absolute Gasteiger partial charge is 0.235 e. The van der Waals surface area contributed by atoms with Crippen LogP contribution in [0.4, 0.5) is 10.2 Å². The first kappa shape index (κ1) is 17.1. The second kappa shape index (κ2) is 6.74. The van der Waals surface area contributed by atoms with Gasteiger partial charge in [-0.2, -0.15) is 9.78 Å². The quantitative estimate of drug-likeness (QED) is 0.716. The van der Waals surface area contributed by atoms with E-state index in [1.54, 1.807) is 29.1 Å². The molecule has 1 aliphatic heterocycles. The SMILES string of the molecule is Cc1nn(-c2ccccn2)c2c1[C@@H](c1cc(Cl)ccc1F)SCC(=O)N2. The summed E-state index contributed by atoms with van der Waals surface area (Å²) in [5.41, 5.74) is 1.89. The molecular formula is C18H14ClFN4OS. The number of benzene rings is 1.